The second kappa shape index (κ2) is 7.32. The minimum atomic E-state index is -3.54. The molecule has 0 aliphatic rings. The second-order valence-corrected chi connectivity index (χ2v) is 8.00. The van der Waals surface area contributed by atoms with E-state index in [0.29, 0.717) is 18.9 Å². The molecule has 0 bridgehead atoms. The zero-order valence-electron chi connectivity index (χ0n) is 12.9. The van der Waals surface area contributed by atoms with Crippen molar-refractivity contribution < 1.29 is 13.2 Å². The van der Waals surface area contributed by atoms with E-state index in [0.717, 1.165) is 16.1 Å². The smallest absolute Gasteiger partial charge is 0.252 e. The Morgan fingerprint density at radius 1 is 1.23 bits per heavy atom. The van der Waals surface area contributed by atoms with Crippen molar-refractivity contribution in [2.45, 2.75) is 38.1 Å². The van der Waals surface area contributed by atoms with Gasteiger partial charge >= 0.3 is 0 Å². The highest BCUT2D eigenvalue weighted by atomic mass is 32.2. The summed E-state index contributed by atoms with van der Waals surface area (Å²) in [6.07, 6.45) is 0. The zero-order chi connectivity index (χ0) is 16.2. The Labute approximate surface area is 135 Å². The topological polar surface area (TPSA) is 68.3 Å². The van der Waals surface area contributed by atoms with Crippen molar-refractivity contribution in [2.24, 2.45) is 0 Å². The fourth-order valence-corrected chi connectivity index (χ4v) is 4.62. The number of hydrogen-bond donors (Lipinski definition) is 1. The Bertz CT molecular complexity index is 739. The predicted molar refractivity (Wildman–Crippen MR) is 87.4 cm³/mol. The first-order valence-electron chi connectivity index (χ1n) is 7.02. The Balaban J connectivity index is 2.14. The molecular formula is C15H20N2O3S2. The second-order valence-electron chi connectivity index (χ2n) is 4.84. The molecule has 1 heterocycles. The number of nitrogens with one attached hydrogen (secondary N) is 1. The average molecular weight is 340 g/mol. The van der Waals surface area contributed by atoms with Crippen molar-refractivity contribution in [2.75, 3.05) is 6.61 Å². The quantitative estimate of drug-likeness (QED) is 0.841. The lowest BCUT2D eigenvalue weighted by atomic mass is 10.1. The van der Waals surface area contributed by atoms with Gasteiger partial charge in [-0.3, -0.25) is 0 Å². The summed E-state index contributed by atoms with van der Waals surface area (Å²) in [7, 11) is -3.54. The maximum atomic E-state index is 12.4. The lowest BCUT2D eigenvalue weighted by molar-refractivity contribution is 0.133. The van der Waals surface area contributed by atoms with Gasteiger partial charge in [0.05, 0.1) is 17.3 Å². The Hall–Kier alpha value is -1.28. The number of sulfonamides is 1. The first-order chi connectivity index (χ1) is 10.4. The summed E-state index contributed by atoms with van der Waals surface area (Å²) in [5, 5.41) is 0.745. The molecule has 0 aliphatic heterocycles. The third kappa shape index (κ3) is 4.13. The van der Waals surface area contributed by atoms with Gasteiger partial charge in [0.25, 0.3) is 10.0 Å². The molecule has 1 aromatic heterocycles. The molecule has 0 saturated carbocycles. The molecule has 120 valence electrons. The molecule has 1 N–H and O–H groups in total. The first-order valence-corrected chi connectivity index (χ1v) is 9.32. The van der Waals surface area contributed by atoms with Crippen LogP contribution in [0.4, 0.5) is 0 Å². The average Bonchev–Trinajstić information content (AvgIpc) is 2.83. The molecule has 0 amide bonds. The third-order valence-electron chi connectivity index (χ3n) is 3.14. The molecule has 0 aliphatic carbocycles. The van der Waals surface area contributed by atoms with Gasteiger partial charge < -0.3 is 4.74 Å². The van der Waals surface area contributed by atoms with E-state index in [1.54, 1.807) is 13.8 Å². The number of hydrogen-bond acceptors (Lipinski definition) is 5. The molecule has 0 saturated heterocycles. The summed E-state index contributed by atoms with van der Waals surface area (Å²) in [5.74, 6) is 0. The van der Waals surface area contributed by atoms with Crippen LogP contribution in [0.2, 0.25) is 0 Å². The predicted octanol–water partition coefficient (Wildman–Crippen LogP) is 2.77. The summed E-state index contributed by atoms with van der Waals surface area (Å²) in [6.45, 7) is 6.78. The fourth-order valence-electron chi connectivity index (χ4n) is 2.08. The van der Waals surface area contributed by atoms with Gasteiger partial charge in [-0.05, 0) is 31.9 Å². The summed E-state index contributed by atoms with van der Waals surface area (Å²) in [4.78, 5) is 4.17. The first kappa shape index (κ1) is 17.1. The van der Waals surface area contributed by atoms with Gasteiger partial charge in [-0.1, -0.05) is 24.3 Å². The maximum absolute atomic E-state index is 12.4. The number of ether oxygens (including phenoxy) is 1. The number of nitrogens with zero attached hydrogens (tertiary/aromatic N) is 1. The lowest BCUT2D eigenvalue weighted by Gasteiger charge is -2.10. The minimum Gasteiger partial charge on any atom is -0.377 e. The molecule has 5 nitrogen and oxygen atoms in total. The number of rotatable bonds is 7. The molecule has 0 unspecified atom stereocenters. The van der Waals surface area contributed by atoms with Crippen molar-refractivity contribution in [3.05, 3.63) is 46.1 Å². The largest absolute Gasteiger partial charge is 0.377 e. The van der Waals surface area contributed by atoms with Gasteiger partial charge in [0.15, 0.2) is 4.21 Å². The van der Waals surface area contributed by atoms with E-state index in [-0.39, 0.29) is 10.8 Å². The molecule has 2 aromatic rings. The van der Waals surface area contributed by atoms with Crippen molar-refractivity contribution in [3.8, 4) is 0 Å². The highest BCUT2D eigenvalue weighted by Crippen LogP contribution is 2.23. The third-order valence-corrected chi connectivity index (χ3v) is 6.22. The van der Waals surface area contributed by atoms with Crippen LogP contribution in [0.25, 0.3) is 0 Å². The van der Waals surface area contributed by atoms with E-state index >= 15 is 0 Å². The fraction of sp³-hybridized carbons (Fsp3) is 0.400. The highest BCUT2D eigenvalue weighted by Gasteiger charge is 2.20. The van der Waals surface area contributed by atoms with Gasteiger partial charge in [0, 0.05) is 13.2 Å². The van der Waals surface area contributed by atoms with Crippen LogP contribution in [0, 0.1) is 13.8 Å². The van der Waals surface area contributed by atoms with E-state index in [1.807, 2.05) is 31.2 Å². The SMILES string of the molecule is CCOCc1ccccc1CNS(=O)(=O)c1sc(C)nc1C. The van der Waals surface area contributed by atoms with Crippen molar-refractivity contribution in [1.82, 2.24) is 9.71 Å². The van der Waals surface area contributed by atoms with Gasteiger partial charge in [0.2, 0.25) is 0 Å². The summed E-state index contributed by atoms with van der Waals surface area (Å²) in [5.41, 5.74) is 2.44. The summed E-state index contributed by atoms with van der Waals surface area (Å²) >= 11 is 1.19. The van der Waals surface area contributed by atoms with Crippen LogP contribution in [0.5, 0.6) is 0 Å². The van der Waals surface area contributed by atoms with Crippen molar-refractivity contribution >= 4 is 21.4 Å². The monoisotopic (exact) mass is 340 g/mol. The molecular weight excluding hydrogens is 320 g/mol. The standard InChI is InChI=1S/C15H20N2O3S2/c1-4-20-10-14-8-6-5-7-13(14)9-16-22(18,19)15-11(2)17-12(3)21-15/h5-8,16H,4,9-10H2,1-3H3. The molecule has 2 rings (SSSR count). The number of thiazole rings is 1. The highest BCUT2D eigenvalue weighted by molar-refractivity contribution is 7.91. The molecule has 0 atom stereocenters. The van der Waals surface area contributed by atoms with E-state index in [2.05, 4.69) is 9.71 Å². The van der Waals surface area contributed by atoms with Crippen LogP contribution in [-0.2, 0) is 27.9 Å². The van der Waals surface area contributed by atoms with Crippen LogP contribution >= 0.6 is 11.3 Å². The van der Waals surface area contributed by atoms with Gasteiger partial charge in [-0.15, -0.1) is 11.3 Å². The summed E-state index contributed by atoms with van der Waals surface area (Å²) in [6, 6.07) is 7.66. The zero-order valence-corrected chi connectivity index (χ0v) is 14.6. The molecule has 7 heteroatoms. The van der Waals surface area contributed by atoms with E-state index < -0.39 is 10.0 Å². The van der Waals surface area contributed by atoms with Crippen molar-refractivity contribution in [1.29, 1.82) is 0 Å². The van der Waals surface area contributed by atoms with Crippen LogP contribution < -0.4 is 4.72 Å². The summed E-state index contributed by atoms with van der Waals surface area (Å²) < 4.78 is 33.1. The van der Waals surface area contributed by atoms with Gasteiger partial charge in [0.1, 0.15) is 0 Å². The molecule has 0 spiro atoms. The minimum absolute atomic E-state index is 0.238. The van der Waals surface area contributed by atoms with Crippen LogP contribution in [0.3, 0.4) is 0 Å². The van der Waals surface area contributed by atoms with E-state index in [1.165, 1.54) is 11.3 Å². The van der Waals surface area contributed by atoms with Crippen molar-refractivity contribution in [3.63, 3.8) is 0 Å². The normalized spacial score (nSPS) is 11.8. The maximum Gasteiger partial charge on any atom is 0.252 e. The Morgan fingerprint density at radius 2 is 1.91 bits per heavy atom. The van der Waals surface area contributed by atoms with Gasteiger partial charge in [-0.2, -0.15) is 0 Å². The van der Waals surface area contributed by atoms with Gasteiger partial charge in [-0.25, -0.2) is 18.1 Å². The van der Waals surface area contributed by atoms with E-state index in [9.17, 15) is 8.42 Å². The Morgan fingerprint density at radius 3 is 2.50 bits per heavy atom. The molecule has 1 aromatic carbocycles. The number of aromatic nitrogens is 1. The number of aryl methyl sites for hydroxylation is 2. The van der Waals surface area contributed by atoms with E-state index in [4.69, 9.17) is 4.74 Å². The lowest BCUT2D eigenvalue weighted by Crippen LogP contribution is -2.23. The van der Waals surface area contributed by atoms with Crippen LogP contribution in [-0.4, -0.2) is 20.0 Å². The molecule has 0 fully saturated rings. The number of benzene rings is 1. The van der Waals surface area contributed by atoms with Crippen LogP contribution in [0.15, 0.2) is 28.5 Å². The molecule has 22 heavy (non-hydrogen) atoms. The Kier molecular flexibility index (Phi) is 5.69. The molecule has 0 radical (unpaired) electrons. The van der Waals surface area contributed by atoms with Crippen LogP contribution in [0.1, 0.15) is 28.8 Å².